The number of carbonyl (C=O) groups excluding carboxylic acids is 1. The number of halogens is 1. The van der Waals surface area contributed by atoms with Crippen LogP contribution in [0.25, 0.3) is 0 Å². The molecule has 1 aromatic carbocycles. The average Bonchev–Trinajstić information content (AvgIpc) is 3.01. The van der Waals surface area contributed by atoms with Crippen molar-refractivity contribution in [3.05, 3.63) is 45.4 Å². The van der Waals surface area contributed by atoms with Crippen LogP contribution >= 0.6 is 22.9 Å². The number of benzene rings is 1. The van der Waals surface area contributed by atoms with Crippen molar-refractivity contribution in [3.63, 3.8) is 0 Å². The average molecular weight is 386 g/mol. The SMILES string of the molecule is Cc1nc(C(=O)N2CCN(S(=O)(=O)c3ccc(Cl)cc3)CC2)cs1. The van der Waals surface area contributed by atoms with E-state index in [0.29, 0.717) is 23.8 Å². The van der Waals surface area contributed by atoms with Gasteiger partial charge < -0.3 is 4.90 Å². The van der Waals surface area contributed by atoms with Crippen LogP contribution in [0.4, 0.5) is 0 Å². The first-order valence-electron chi connectivity index (χ1n) is 7.35. The Morgan fingerprint density at radius 2 is 1.79 bits per heavy atom. The predicted octanol–water partition coefficient (Wildman–Crippen LogP) is 2.25. The molecule has 0 aliphatic carbocycles. The van der Waals surface area contributed by atoms with Gasteiger partial charge in [0.25, 0.3) is 5.91 Å². The second kappa shape index (κ2) is 6.79. The molecule has 0 atom stereocenters. The number of thiazole rings is 1. The third-order valence-corrected chi connectivity index (χ3v) is 6.75. The fourth-order valence-electron chi connectivity index (χ4n) is 2.51. The van der Waals surface area contributed by atoms with Crippen LogP contribution in [0.1, 0.15) is 15.5 Å². The number of sulfonamides is 1. The second-order valence-corrected chi connectivity index (χ2v) is 8.84. The minimum atomic E-state index is -3.57. The monoisotopic (exact) mass is 385 g/mol. The van der Waals surface area contributed by atoms with E-state index in [1.54, 1.807) is 22.4 Å². The van der Waals surface area contributed by atoms with Gasteiger partial charge in [-0.05, 0) is 31.2 Å². The number of hydrogen-bond donors (Lipinski definition) is 0. The highest BCUT2D eigenvalue weighted by molar-refractivity contribution is 7.89. The Kier molecular flexibility index (Phi) is 4.91. The first kappa shape index (κ1) is 17.3. The zero-order chi connectivity index (χ0) is 17.3. The molecule has 1 aliphatic heterocycles. The van der Waals surface area contributed by atoms with Gasteiger partial charge in [0, 0.05) is 36.6 Å². The first-order chi connectivity index (χ1) is 11.4. The molecule has 0 spiro atoms. The summed E-state index contributed by atoms with van der Waals surface area (Å²) in [5, 5.41) is 3.05. The van der Waals surface area contributed by atoms with Crippen LogP contribution in [0, 0.1) is 6.92 Å². The Morgan fingerprint density at radius 3 is 2.33 bits per heavy atom. The van der Waals surface area contributed by atoms with Gasteiger partial charge in [-0.2, -0.15) is 4.31 Å². The van der Waals surface area contributed by atoms with Crippen molar-refractivity contribution in [3.8, 4) is 0 Å². The normalized spacial score (nSPS) is 16.3. The molecule has 0 bridgehead atoms. The summed E-state index contributed by atoms with van der Waals surface area (Å²) in [6, 6.07) is 6.10. The van der Waals surface area contributed by atoms with E-state index in [9.17, 15) is 13.2 Å². The molecule has 9 heteroatoms. The zero-order valence-electron chi connectivity index (χ0n) is 13.0. The molecule has 2 aromatic rings. The molecule has 6 nitrogen and oxygen atoms in total. The molecule has 0 radical (unpaired) electrons. The maximum Gasteiger partial charge on any atom is 0.273 e. The molecule has 0 N–H and O–H groups in total. The lowest BCUT2D eigenvalue weighted by molar-refractivity contribution is 0.0692. The number of hydrogen-bond acceptors (Lipinski definition) is 5. The van der Waals surface area contributed by atoms with Gasteiger partial charge in [0.1, 0.15) is 5.69 Å². The Morgan fingerprint density at radius 1 is 1.17 bits per heavy atom. The Bertz CT molecular complexity index is 841. The van der Waals surface area contributed by atoms with Gasteiger partial charge in [0.2, 0.25) is 10.0 Å². The predicted molar refractivity (Wildman–Crippen MR) is 93.0 cm³/mol. The smallest absolute Gasteiger partial charge is 0.273 e. The highest BCUT2D eigenvalue weighted by Gasteiger charge is 2.30. The van der Waals surface area contributed by atoms with E-state index >= 15 is 0 Å². The molecule has 1 aromatic heterocycles. The zero-order valence-corrected chi connectivity index (χ0v) is 15.4. The number of nitrogens with zero attached hydrogens (tertiary/aromatic N) is 3. The van der Waals surface area contributed by atoms with E-state index in [1.807, 2.05) is 6.92 Å². The van der Waals surface area contributed by atoms with Crippen molar-refractivity contribution in [2.45, 2.75) is 11.8 Å². The summed E-state index contributed by atoms with van der Waals surface area (Å²) >= 11 is 7.23. The summed E-state index contributed by atoms with van der Waals surface area (Å²) in [5.41, 5.74) is 0.423. The highest BCUT2D eigenvalue weighted by Crippen LogP contribution is 2.20. The number of aryl methyl sites for hydroxylation is 1. The molecule has 1 amide bonds. The summed E-state index contributed by atoms with van der Waals surface area (Å²) in [7, 11) is -3.57. The molecular formula is C15H16ClN3O3S2. The molecule has 3 rings (SSSR count). The fraction of sp³-hybridized carbons (Fsp3) is 0.333. The number of carbonyl (C=O) groups is 1. The Balaban J connectivity index is 1.68. The lowest BCUT2D eigenvalue weighted by Gasteiger charge is -2.33. The van der Waals surface area contributed by atoms with Crippen LogP contribution in [0.15, 0.2) is 34.5 Å². The molecule has 1 fully saturated rings. The molecule has 24 heavy (non-hydrogen) atoms. The van der Waals surface area contributed by atoms with E-state index in [-0.39, 0.29) is 23.9 Å². The van der Waals surface area contributed by atoms with E-state index in [4.69, 9.17) is 11.6 Å². The molecule has 0 unspecified atom stereocenters. The van der Waals surface area contributed by atoms with Gasteiger partial charge in [-0.15, -0.1) is 11.3 Å². The van der Waals surface area contributed by atoms with E-state index in [2.05, 4.69) is 4.98 Å². The van der Waals surface area contributed by atoms with Crippen LogP contribution in [0.2, 0.25) is 5.02 Å². The lowest BCUT2D eigenvalue weighted by Crippen LogP contribution is -2.50. The molecule has 1 aliphatic rings. The number of rotatable bonds is 3. The first-order valence-corrected chi connectivity index (χ1v) is 10.0. The fourth-order valence-corrected chi connectivity index (χ4v) is 4.65. The largest absolute Gasteiger partial charge is 0.335 e. The minimum Gasteiger partial charge on any atom is -0.335 e. The third-order valence-electron chi connectivity index (χ3n) is 3.82. The van der Waals surface area contributed by atoms with Gasteiger partial charge >= 0.3 is 0 Å². The van der Waals surface area contributed by atoms with Crippen molar-refractivity contribution >= 4 is 38.9 Å². The van der Waals surface area contributed by atoms with Gasteiger partial charge in [-0.1, -0.05) is 11.6 Å². The quantitative estimate of drug-likeness (QED) is 0.812. The van der Waals surface area contributed by atoms with Crippen LogP contribution in [0.5, 0.6) is 0 Å². The topological polar surface area (TPSA) is 70.6 Å². The second-order valence-electron chi connectivity index (χ2n) is 5.40. The number of aromatic nitrogens is 1. The third kappa shape index (κ3) is 3.46. The molecule has 128 valence electrons. The molecular weight excluding hydrogens is 370 g/mol. The Labute approximate surface area is 149 Å². The summed E-state index contributed by atoms with van der Waals surface area (Å²) < 4.78 is 26.6. The van der Waals surface area contributed by atoms with Crippen LogP contribution in [-0.2, 0) is 10.0 Å². The van der Waals surface area contributed by atoms with Crippen molar-refractivity contribution in [2.24, 2.45) is 0 Å². The van der Waals surface area contributed by atoms with Crippen molar-refractivity contribution in [1.82, 2.24) is 14.2 Å². The minimum absolute atomic E-state index is 0.150. The number of amides is 1. The van der Waals surface area contributed by atoms with Gasteiger partial charge in [0.15, 0.2) is 0 Å². The standard InChI is InChI=1S/C15H16ClN3O3S2/c1-11-17-14(10-23-11)15(20)18-6-8-19(9-7-18)24(21,22)13-4-2-12(16)3-5-13/h2-5,10H,6-9H2,1H3. The maximum absolute atomic E-state index is 12.6. The summed E-state index contributed by atoms with van der Waals surface area (Å²) in [6.07, 6.45) is 0. The summed E-state index contributed by atoms with van der Waals surface area (Å²) in [4.78, 5) is 18.4. The van der Waals surface area contributed by atoms with Gasteiger partial charge in [-0.25, -0.2) is 13.4 Å². The van der Waals surface area contributed by atoms with Crippen molar-refractivity contribution in [2.75, 3.05) is 26.2 Å². The van der Waals surface area contributed by atoms with Crippen LogP contribution in [-0.4, -0.2) is 54.7 Å². The van der Waals surface area contributed by atoms with Crippen LogP contribution < -0.4 is 0 Å². The lowest BCUT2D eigenvalue weighted by atomic mass is 10.3. The maximum atomic E-state index is 12.6. The Hall–Kier alpha value is -1.48. The van der Waals surface area contributed by atoms with E-state index in [0.717, 1.165) is 5.01 Å². The van der Waals surface area contributed by atoms with Gasteiger partial charge in [-0.3, -0.25) is 4.79 Å². The summed E-state index contributed by atoms with van der Waals surface area (Å²) in [6.45, 7) is 3.07. The van der Waals surface area contributed by atoms with Crippen LogP contribution in [0.3, 0.4) is 0 Å². The van der Waals surface area contributed by atoms with Crippen molar-refractivity contribution in [1.29, 1.82) is 0 Å². The van der Waals surface area contributed by atoms with Crippen molar-refractivity contribution < 1.29 is 13.2 Å². The molecule has 1 saturated heterocycles. The van der Waals surface area contributed by atoms with Gasteiger partial charge in [0.05, 0.1) is 9.90 Å². The number of piperazine rings is 1. The molecule has 2 heterocycles. The summed E-state index contributed by atoms with van der Waals surface area (Å²) in [5.74, 6) is -0.150. The van der Waals surface area contributed by atoms with E-state index in [1.165, 1.54) is 27.8 Å². The van der Waals surface area contributed by atoms with E-state index < -0.39 is 10.0 Å². The molecule has 0 saturated carbocycles. The highest BCUT2D eigenvalue weighted by atomic mass is 35.5.